The summed E-state index contributed by atoms with van der Waals surface area (Å²) in [6.45, 7) is 0. The molecule has 0 aliphatic heterocycles. The summed E-state index contributed by atoms with van der Waals surface area (Å²) in [5.74, 6) is 0. The Hall–Kier alpha value is -6.82. The topological polar surface area (TPSA) is 46.5 Å². The number of pyridine rings is 2. The zero-order chi connectivity index (χ0) is 36.7. The van der Waals surface area contributed by atoms with E-state index in [4.69, 9.17) is 4.98 Å². The maximum atomic E-state index is 4.75. The van der Waals surface area contributed by atoms with E-state index in [0.717, 1.165) is 15.5 Å². The maximum Gasteiger partial charge on any atom is 0.0801 e. The van der Waals surface area contributed by atoms with Gasteiger partial charge in [0.2, 0.25) is 0 Å². The summed E-state index contributed by atoms with van der Waals surface area (Å²) in [5.41, 5.74) is 8.09. The quantitative estimate of drug-likeness (QED) is 0.169. The van der Waals surface area contributed by atoms with Gasteiger partial charge in [-0.2, -0.15) is 0 Å². The van der Waals surface area contributed by atoms with Gasteiger partial charge in [-0.25, -0.2) is 0 Å². The van der Waals surface area contributed by atoms with Crippen molar-refractivity contribution in [1.82, 2.24) is 19.5 Å². The number of hydrogen-bond donors (Lipinski definition) is 1. The molecule has 0 amide bonds. The van der Waals surface area contributed by atoms with Crippen molar-refractivity contribution < 1.29 is 0 Å². The van der Waals surface area contributed by atoms with Crippen LogP contribution in [0.25, 0.3) is 92.6 Å². The van der Waals surface area contributed by atoms with E-state index in [0.29, 0.717) is 0 Å². The number of H-pyrrole nitrogens is 1. The lowest BCUT2D eigenvalue weighted by molar-refractivity contribution is 1.19. The highest BCUT2D eigenvalue weighted by molar-refractivity contribution is 9.10. The Morgan fingerprint density at radius 3 is 1.55 bits per heavy atom. The zero-order valence-electron chi connectivity index (χ0n) is 29.7. The molecular formula is C50H33BrN4. The Bertz CT molecular complexity index is 3330. The highest BCUT2D eigenvalue weighted by Gasteiger charge is 2.19. The van der Waals surface area contributed by atoms with Crippen LogP contribution >= 0.6 is 15.9 Å². The largest absolute Gasteiger partial charge is 0.354 e. The van der Waals surface area contributed by atoms with Crippen LogP contribution in [0.15, 0.2) is 199 Å². The highest BCUT2D eigenvalue weighted by Crippen LogP contribution is 2.42. The molecule has 0 aliphatic rings. The number of benzene rings is 8. The molecule has 5 heteroatoms. The molecule has 0 spiro atoms. The third-order valence-electron chi connectivity index (χ3n) is 10.4. The third-order valence-corrected chi connectivity index (χ3v) is 10.9. The minimum Gasteiger partial charge on any atom is -0.354 e. The standard InChI is InChI=1S/C25H16N2.C19H12N2.C6H5Br/c1-2-9-17(10-3-1)27-22-15-7-6-13-20(22)23-18-11-4-5-12-19(18)24-21(25(23)27)14-8-16-26-24;1-2-7-13-12(6-1)17-14-8-3-4-10-16(14)21-19(17)15-9-5-11-20-18(13)15;7-6-4-2-1-3-5-6/h1-16H;1-11,21H;1-5H. The number of aromatic nitrogens is 4. The van der Waals surface area contributed by atoms with Crippen molar-refractivity contribution in [2.75, 3.05) is 0 Å². The number of para-hydroxylation sites is 3. The molecule has 0 unspecified atom stereocenters. The summed E-state index contributed by atoms with van der Waals surface area (Å²) in [7, 11) is 0. The van der Waals surface area contributed by atoms with Crippen molar-refractivity contribution in [2.45, 2.75) is 0 Å². The van der Waals surface area contributed by atoms with Crippen molar-refractivity contribution in [3.8, 4) is 5.69 Å². The highest BCUT2D eigenvalue weighted by atomic mass is 79.9. The fourth-order valence-electron chi connectivity index (χ4n) is 8.10. The second-order valence-electron chi connectivity index (χ2n) is 13.5. The first kappa shape index (κ1) is 32.8. The smallest absolute Gasteiger partial charge is 0.0801 e. The van der Waals surface area contributed by atoms with Gasteiger partial charge >= 0.3 is 0 Å². The van der Waals surface area contributed by atoms with Gasteiger partial charge < -0.3 is 9.55 Å². The van der Waals surface area contributed by atoms with Gasteiger partial charge in [-0.15, -0.1) is 0 Å². The van der Waals surface area contributed by atoms with Gasteiger partial charge in [-0.05, 0) is 71.4 Å². The molecule has 4 aromatic heterocycles. The Morgan fingerprint density at radius 1 is 0.400 bits per heavy atom. The van der Waals surface area contributed by atoms with Crippen molar-refractivity contribution in [3.05, 3.63) is 199 Å². The molecule has 260 valence electrons. The maximum absolute atomic E-state index is 4.75. The molecule has 0 saturated heterocycles. The molecule has 0 aliphatic carbocycles. The lowest BCUT2D eigenvalue weighted by Crippen LogP contribution is -1.94. The predicted molar refractivity (Wildman–Crippen MR) is 236 cm³/mol. The van der Waals surface area contributed by atoms with Crippen LogP contribution in [-0.2, 0) is 0 Å². The first-order valence-electron chi connectivity index (χ1n) is 18.4. The Morgan fingerprint density at radius 2 is 0.891 bits per heavy atom. The van der Waals surface area contributed by atoms with Crippen LogP contribution in [0, 0.1) is 0 Å². The number of fused-ring (bicyclic) bond motifs is 16. The number of halogens is 1. The van der Waals surface area contributed by atoms with Gasteiger partial charge in [0.15, 0.2) is 0 Å². The second kappa shape index (κ2) is 13.9. The molecular weight excluding hydrogens is 736 g/mol. The van der Waals surface area contributed by atoms with Gasteiger partial charge in [-0.1, -0.05) is 137 Å². The van der Waals surface area contributed by atoms with Crippen LogP contribution in [0.4, 0.5) is 0 Å². The van der Waals surface area contributed by atoms with Crippen LogP contribution < -0.4 is 0 Å². The molecule has 0 saturated carbocycles. The predicted octanol–water partition coefficient (Wildman–Crippen LogP) is 14.0. The summed E-state index contributed by atoms with van der Waals surface area (Å²) in [6.07, 6.45) is 3.75. The van der Waals surface area contributed by atoms with Gasteiger partial charge in [-0.3, -0.25) is 9.97 Å². The average Bonchev–Trinajstić information content (AvgIpc) is 3.83. The Labute approximate surface area is 325 Å². The Kier molecular flexibility index (Phi) is 8.27. The lowest BCUT2D eigenvalue weighted by atomic mass is 10.00. The molecule has 4 nitrogen and oxygen atoms in total. The fourth-order valence-corrected chi connectivity index (χ4v) is 8.40. The van der Waals surface area contributed by atoms with Crippen LogP contribution in [0.3, 0.4) is 0 Å². The molecule has 12 aromatic rings. The number of hydrogen-bond acceptors (Lipinski definition) is 2. The molecule has 0 bridgehead atoms. The van der Waals surface area contributed by atoms with Gasteiger partial charge in [0, 0.05) is 71.2 Å². The summed E-state index contributed by atoms with van der Waals surface area (Å²) in [5, 5.41) is 12.4. The monoisotopic (exact) mass is 768 g/mol. The summed E-state index contributed by atoms with van der Waals surface area (Å²) in [6, 6.07) is 63.2. The SMILES string of the molecule is Brc1ccccc1.c1ccc(-n2c3ccccc3c3c4ccccc4c4ncccc4c32)cc1.c1ccc2c(c1)[nH]c1c3cccnc3c3ccccc3c21. The van der Waals surface area contributed by atoms with Gasteiger partial charge in [0.25, 0.3) is 0 Å². The first-order valence-corrected chi connectivity index (χ1v) is 19.2. The number of rotatable bonds is 1. The van der Waals surface area contributed by atoms with Crippen molar-refractivity contribution in [2.24, 2.45) is 0 Å². The number of nitrogens with one attached hydrogen (secondary N) is 1. The van der Waals surface area contributed by atoms with Crippen molar-refractivity contribution in [1.29, 1.82) is 0 Å². The third kappa shape index (κ3) is 5.60. The summed E-state index contributed by atoms with van der Waals surface area (Å²) < 4.78 is 3.51. The molecule has 0 radical (unpaired) electrons. The van der Waals surface area contributed by atoms with Gasteiger partial charge in [0.05, 0.1) is 27.6 Å². The van der Waals surface area contributed by atoms with Crippen molar-refractivity contribution in [3.63, 3.8) is 0 Å². The summed E-state index contributed by atoms with van der Waals surface area (Å²) in [4.78, 5) is 12.9. The molecule has 12 rings (SSSR count). The molecule has 1 N–H and O–H groups in total. The van der Waals surface area contributed by atoms with Crippen molar-refractivity contribution >= 4 is 103 Å². The van der Waals surface area contributed by atoms with Crippen LogP contribution in [0.1, 0.15) is 0 Å². The fraction of sp³-hybridized carbons (Fsp3) is 0. The van der Waals surface area contributed by atoms with E-state index in [1.165, 1.54) is 81.6 Å². The van der Waals surface area contributed by atoms with E-state index in [2.05, 4.69) is 170 Å². The molecule has 55 heavy (non-hydrogen) atoms. The van der Waals surface area contributed by atoms with Gasteiger partial charge in [0.1, 0.15) is 0 Å². The second-order valence-corrected chi connectivity index (χ2v) is 14.4. The van der Waals surface area contributed by atoms with E-state index < -0.39 is 0 Å². The summed E-state index contributed by atoms with van der Waals surface area (Å²) >= 11 is 3.31. The van der Waals surface area contributed by atoms with E-state index >= 15 is 0 Å². The van der Waals surface area contributed by atoms with E-state index in [1.54, 1.807) is 0 Å². The Balaban J connectivity index is 0.000000118. The minimum atomic E-state index is 1.06. The van der Waals surface area contributed by atoms with E-state index in [9.17, 15) is 0 Å². The molecule has 0 fully saturated rings. The number of aromatic amines is 1. The van der Waals surface area contributed by atoms with Crippen LogP contribution in [0.5, 0.6) is 0 Å². The molecule has 8 aromatic carbocycles. The molecule has 4 heterocycles. The normalized spacial score (nSPS) is 11.4. The zero-order valence-corrected chi connectivity index (χ0v) is 31.3. The van der Waals surface area contributed by atoms with E-state index in [1.807, 2.05) is 54.9 Å². The lowest BCUT2D eigenvalue weighted by Gasteiger charge is -2.11. The van der Waals surface area contributed by atoms with Crippen LogP contribution in [0.2, 0.25) is 0 Å². The van der Waals surface area contributed by atoms with E-state index in [-0.39, 0.29) is 0 Å². The van der Waals surface area contributed by atoms with Crippen LogP contribution in [-0.4, -0.2) is 19.5 Å². The first-order chi connectivity index (χ1) is 27.3. The molecule has 0 atom stereocenters. The number of nitrogens with zero attached hydrogens (tertiary/aromatic N) is 3. The average molecular weight is 770 g/mol. The minimum absolute atomic E-state index is 1.06.